The van der Waals surface area contributed by atoms with E-state index in [9.17, 15) is 14.7 Å². The number of Topliss-reactive ketones (excluding diaryl/α,β-unsaturated/α-hetero) is 1. The van der Waals surface area contributed by atoms with Crippen LogP contribution in [0.5, 0.6) is 0 Å². The lowest BCUT2D eigenvalue weighted by molar-refractivity contribution is -0.140. The van der Waals surface area contributed by atoms with Crippen molar-refractivity contribution in [3.63, 3.8) is 0 Å². The topological polar surface area (TPSA) is 87.9 Å². The number of halogens is 1. The van der Waals surface area contributed by atoms with Gasteiger partial charge in [-0.25, -0.2) is 9.07 Å². The molecule has 3 aromatic rings. The van der Waals surface area contributed by atoms with Crippen LogP contribution in [0.1, 0.15) is 22.9 Å². The van der Waals surface area contributed by atoms with Gasteiger partial charge in [0.1, 0.15) is 11.6 Å². The number of hydrogen-bond donors (Lipinski definition) is 1. The van der Waals surface area contributed by atoms with Crippen LogP contribution in [0.2, 0.25) is 0 Å². The molecule has 8 nitrogen and oxygen atoms in total. The number of likely N-dealkylation sites (tertiary alicyclic amines) is 1. The van der Waals surface area contributed by atoms with E-state index in [4.69, 9.17) is 4.74 Å². The smallest absolute Gasteiger partial charge is 0.295 e. The minimum absolute atomic E-state index is 0.136. The second-order valence-electron chi connectivity index (χ2n) is 8.86. The maximum atomic E-state index is 15.0. The molecule has 2 fully saturated rings. The molecule has 5 rings (SSSR count). The van der Waals surface area contributed by atoms with Gasteiger partial charge < -0.3 is 14.7 Å². The fourth-order valence-electron chi connectivity index (χ4n) is 4.82. The van der Waals surface area contributed by atoms with E-state index in [1.807, 2.05) is 30.3 Å². The Bertz CT molecular complexity index is 1310. The molecule has 2 aromatic carbocycles. The van der Waals surface area contributed by atoms with Gasteiger partial charge >= 0.3 is 0 Å². The second-order valence-corrected chi connectivity index (χ2v) is 8.86. The van der Waals surface area contributed by atoms with Crippen LogP contribution in [0.3, 0.4) is 0 Å². The maximum absolute atomic E-state index is 15.0. The molecule has 9 heteroatoms. The lowest BCUT2D eigenvalue weighted by Crippen LogP contribution is -2.42. The first kappa shape index (κ1) is 23.9. The Morgan fingerprint density at radius 2 is 1.75 bits per heavy atom. The van der Waals surface area contributed by atoms with E-state index < -0.39 is 23.5 Å². The fraction of sp³-hybridized carbons (Fsp3) is 0.296. The first-order chi connectivity index (χ1) is 17.5. The number of nitrogens with zero attached hydrogens (tertiary/aromatic N) is 4. The molecule has 3 heterocycles. The van der Waals surface area contributed by atoms with Gasteiger partial charge in [-0.3, -0.25) is 14.5 Å². The zero-order valence-electron chi connectivity index (χ0n) is 19.9. The molecule has 2 aliphatic rings. The predicted octanol–water partition coefficient (Wildman–Crippen LogP) is 3.07. The summed E-state index contributed by atoms with van der Waals surface area (Å²) in [6.07, 6.45) is 1.46. The van der Waals surface area contributed by atoms with E-state index in [0.29, 0.717) is 44.1 Å². The molecule has 0 spiro atoms. The summed E-state index contributed by atoms with van der Waals surface area (Å²) in [6, 6.07) is 14.3. The first-order valence-corrected chi connectivity index (χ1v) is 11.9. The molecule has 0 aliphatic carbocycles. The number of hydrogen-bond acceptors (Lipinski definition) is 6. The molecule has 0 bridgehead atoms. The van der Waals surface area contributed by atoms with Crippen LogP contribution >= 0.6 is 0 Å². The zero-order chi connectivity index (χ0) is 25.2. The van der Waals surface area contributed by atoms with Crippen molar-refractivity contribution < 1.29 is 23.8 Å². The Hall–Kier alpha value is -3.82. The summed E-state index contributed by atoms with van der Waals surface area (Å²) in [6.45, 7) is 5.11. The molecule has 1 atom stereocenters. The molecular formula is C27H27FN4O4. The van der Waals surface area contributed by atoms with Crippen LogP contribution < -0.4 is 0 Å². The van der Waals surface area contributed by atoms with Crippen molar-refractivity contribution in [1.29, 1.82) is 0 Å². The fourth-order valence-corrected chi connectivity index (χ4v) is 4.82. The number of carbonyl (C=O) groups is 2. The second kappa shape index (κ2) is 10.0. The lowest BCUT2D eigenvalue weighted by Gasteiger charge is -2.31. The predicted molar refractivity (Wildman–Crippen MR) is 131 cm³/mol. The molecule has 0 saturated carbocycles. The van der Waals surface area contributed by atoms with Crippen LogP contribution in [0.15, 0.2) is 66.4 Å². The largest absolute Gasteiger partial charge is 0.507 e. The van der Waals surface area contributed by atoms with Gasteiger partial charge in [-0.15, -0.1) is 0 Å². The highest BCUT2D eigenvalue weighted by Crippen LogP contribution is 2.40. The van der Waals surface area contributed by atoms with E-state index in [1.165, 1.54) is 17.2 Å². The Morgan fingerprint density at radius 3 is 2.47 bits per heavy atom. The molecule has 0 unspecified atom stereocenters. The van der Waals surface area contributed by atoms with Crippen LogP contribution in [-0.4, -0.2) is 75.8 Å². The summed E-state index contributed by atoms with van der Waals surface area (Å²) in [4.78, 5) is 29.9. The highest BCUT2D eigenvalue weighted by molar-refractivity contribution is 6.46. The number of carbonyl (C=O) groups excluding carboxylic acids is 2. The van der Waals surface area contributed by atoms with Gasteiger partial charge in [0.2, 0.25) is 0 Å². The molecule has 186 valence electrons. The SMILES string of the molecule is Cc1c(/C(O)=C2\C(=O)C(=O)N(CCN3CCOCC3)[C@H]2c2ccccc2F)cnn1-c1ccccc1. The van der Waals surface area contributed by atoms with Crippen molar-refractivity contribution in [2.75, 3.05) is 39.4 Å². The van der Waals surface area contributed by atoms with Crippen molar-refractivity contribution >= 4 is 17.4 Å². The molecule has 2 aliphatic heterocycles. The molecule has 1 N–H and O–H groups in total. The van der Waals surface area contributed by atoms with Crippen LogP contribution in [-0.2, 0) is 14.3 Å². The van der Waals surface area contributed by atoms with Crippen LogP contribution in [0.25, 0.3) is 11.4 Å². The van der Waals surface area contributed by atoms with Gasteiger partial charge in [-0.2, -0.15) is 5.10 Å². The van der Waals surface area contributed by atoms with Crippen molar-refractivity contribution in [3.8, 4) is 5.69 Å². The summed E-state index contributed by atoms with van der Waals surface area (Å²) in [5, 5.41) is 15.8. The summed E-state index contributed by atoms with van der Waals surface area (Å²) >= 11 is 0. The Labute approximate surface area is 208 Å². The van der Waals surface area contributed by atoms with E-state index in [0.717, 1.165) is 5.69 Å². The summed E-state index contributed by atoms with van der Waals surface area (Å²) in [5.74, 6) is -2.51. The number of benzene rings is 2. The monoisotopic (exact) mass is 490 g/mol. The number of morpholine rings is 1. The summed E-state index contributed by atoms with van der Waals surface area (Å²) in [7, 11) is 0. The maximum Gasteiger partial charge on any atom is 0.295 e. The number of rotatable bonds is 6. The Morgan fingerprint density at radius 1 is 1.06 bits per heavy atom. The van der Waals surface area contributed by atoms with E-state index in [-0.39, 0.29) is 23.4 Å². The third kappa shape index (κ3) is 4.31. The highest BCUT2D eigenvalue weighted by atomic mass is 19.1. The van der Waals surface area contributed by atoms with E-state index >= 15 is 4.39 Å². The normalized spacial score (nSPS) is 20.3. The van der Waals surface area contributed by atoms with Crippen molar-refractivity contribution in [2.24, 2.45) is 0 Å². The van der Waals surface area contributed by atoms with Crippen molar-refractivity contribution in [1.82, 2.24) is 19.6 Å². The number of aliphatic hydroxyl groups excluding tert-OH is 1. The number of ketones is 1. The van der Waals surface area contributed by atoms with Gasteiger partial charge in [-0.1, -0.05) is 36.4 Å². The zero-order valence-corrected chi connectivity index (χ0v) is 19.9. The molecule has 0 radical (unpaired) electrons. The van der Waals surface area contributed by atoms with Crippen molar-refractivity contribution in [2.45, 2.75) is 13.0 Å². The number of aliphatic hydroxyl groups is 1. The quantitative estimate of drug-likeness (QED) is 0.325. The average Bonchev–Trinajstić information content (AvgIpc) is 3.41. The van der Waals surface area contributed by atoms with Gasteiger partial charge in [-0.05, 0) is 25.1 Å². The number of amides is 1. The molecule has 1 aromatic heterocycles. The third-order valence-corrected chi connectivity index (χ3v) is 6.77. The summed E-state index contributed by atoms with van der Waals surface area (Å²) < 4.78 is 22.0. The highest BCUT2D eigenvalue weighted by Gasteiger charge is 2.47. The molecule has 36 heavy (non-hydrogen) atoms. The van der Waals surface area contributed by atoms with Crippen LogP contribution in [0, 0.1) is 12.7 Å². The summed E-state index contributed by atoms with van der Waals surface area (Å²) in [5.41, 5.74) is 1.71. The van der Waals surface area contributed by atoms with Crippen LogP contribution in [0.4, 0.5) is 4.39 Å². The first-order valence-electron chi connectivity index (χ1n) is 11.9. The molecular weight excluding hydrogens is 463 g/mol. The van der Waals surface area contributed by atoms with E-state index in [2.05, 4.69) is 10.00 Å². The van der Waals surface area contributed by atoms with Gasteiger partial charge in [0.15, 0.2) is 0 Å². The van der Waals surface area contributed by atoms with Crippen molar-refractivity contribution in [3.05, 3.63) is 89.0 Å². The van der Waals surface area contributed by atoms with Gasteiger partial charge in [0, 0.05) is 31.7 Å². The lowest BCUT2D eigenvalue weighted by atomic mass is 9.95. The Balaban J connectivity index is 1.57. The minimum atomic E-state index is -1.05. The Kier molecular flexibility index (Phi) is 6.67. The standard InChI is InChI=1S/C27H27FN4O4/c1-18-21(17-29-32(18)19-7-3-2-4-8-19)25(33)23-24(20-9-5-6-10-22(20)28)31(27(35)26(23)34)12-11-30-13-15-36-16-14-30/h2-10,17,24,33H,11-16H2,1H3/b25-23+/t24-/m0/s1. The van der Waals surface area contributed by atoms with Gasteiger partial charge in [0.05, 0.1) is 48.0 Å². The number of ether oxygens (including phenoxy) is 1. The van der Waals surface area contributed by atoms with Gasteiger partial charge in [0.25, 0.3) is 11.7 Å². The average molecular weight is 491 g/mol. The minimum Gasteiger partial charge on any atom is -0.507 e. The van der Waals surface area contributed by atoms with E-state index in [1.54, 1.807) is 29.8 Å². The number of para-hydroxylation sites is 1. The number of aromatic nitrogens is 2. The molecule has 2 saturated heterocycles. The molecule has 1 amide bonds. The third-order valence-electron chi connectivity index (χ3n) is 6.77.